The molecule has 0 aromatic carbocycles. The van der Waals surface area contributed by atoms with Crippen molar-refractivity contribution in [3.63, 3.8) is 0 Å². The molecule has 0 spiro atoms. The summed E-state index contributed by atoms with van der Waals surface area (Å²) in [5.74, 6) is -0.452. The monoisotopic (exact) mass is 317 g/mol. The number of nitrogens with one attached hydrogen (secondary N) is 2. The molecule has 2 N–H and O–H groups in total. The van der Waals surface area contributed by atoms with Gasteiger partial charge in [-0.05, 0) is 29.5 Å². The number of aromatic nitrogens is 1. The average Bonchev–Trinajstić information content (AvgIpc) is 3.04. The number of carbonyl (C=O) groups excluding carboxylic acids is 2. The molecule has 5 nitrogen and oxygen atoms in total. The summed E-state index contributed by atoms with van der Waals surface area (Å²) in [4.78, 5) is 29.5. The molecule has 2 rings (SSSR count). The smallest absolute Gasteiger partial charge is 0.252 e. The Hall–Kier alpha value is -2.21. The van der Waals surface area contributed by atoms with Gasteiger partial charge in [-0.1, -0.05) is 19.9 Å². The molecular formula is C16H19N3O2S. The third kappa shape index (κ3) is 4.39. The van der Waals surface area contributed by atoms with Crippen molar-refractivity contribution in [2.75, 3.05) is 0 Å². The van der Waals surface area contributed by atoms with Crippen LogP contribution in [0.5, 0.6) is 0 Å². The molecule has 2 amide bonds. The minimum atomic E-state index is -0.569. The second-order valence-corrected chi connectivity index (χ2v) is 6.26. The summed E-state index contributed by atoms with van der Waals surface area (Å²) in [6, 6.07) is 6.58. The van der Waals surface area contributed by atoms with Gasteiger partial charge in [0.1, 0.15) is 6.04 Å². The fourth-order valence-corrected chi connectivity index (χ4v) is 2.60. The van der Waals surface area contributed by atoms with Crippen LogP contribution in [0, 0.1) is 5.92 Å². The van der Waals surface area contributed by atoms with Crippen molar-refractivity contribution in [2.24, 2.45) is 5.92 Å². The van der Waals surface area contributed by atoms with E-state index in [1.165, 1.54) is 0 Å². The number of pyridine rings is 1. The first-order valence-electron chi connectivity index (χ1n) is 7.09. The quantitative estimate of drug-likeness (QED) is 0.858. The van der Waals surface area contributed by atoms with Crippen LogP contribution in [0.4, 0.5) is 0 Å². The van der Waals surface area contributed by atoms with Crippen molar-refractivity contribution < 1.29 is 9.59 Å². The van der Waals surface area contributed by atoms with Crippen LogP contribution in [0.15, 0.2) is 42.0 Å². The van der Waals surface area contributed by atoms with E-state index < -0.39 is 6.04 Å². The van der Waals surface area contributed by atoms with E-state index in [9.17, 15) is 9.59 Å². The second kappa shape index (κ2) is 7.70. The van der Waals surface area contributed by atoms with Crippen LogP contribution in [0.25, 0.3) is 0 Å². The lowest BCUT2D eigenvalue weighted by atomic mass is 10.0. The van der Waals surface area contributed by atoms with Crippen LogP contribution < -0.4 is 10.6 Å². The highest BCUT2D eigenvalue weighted by Gasteiger charge is 2.24. The predicted molar refractivity (Wildman–Crippen MR) is 86.5 cm³/mol. The SMILES string of the molecule is CC(C)[C@@H](NC(=O)c1ccncc1)C(=O)NCc1cccs1. The van der Waals surface area contributed by atoms with Crippen molar-refractivity contribution in [3.8, 4) is 0 Å². The van der Waals surface area contributed by atoms with Gasteiger partial charge < -0.3 is 10.6 Å². The molecule has 0 saturated carbocycles. The van der Waals surface area contributed by atoms with Crippen LogP contribution in [0.1, 0.15) is 29.1 Å². The number of rotatable bonds is 6. The van der Waals surface area contributed by atoms with E-state index in [1.807, 2.05) is 31.4 Å². The maximum Gasteiger partial charge on any atom is 0.252 e. The Balaban J connectivity index is 1.97. The molecule has 2 aromatic rings. The van der Waals surface area contributed by atoms with Crippen LogP contribution in [-0.2, 0) is 11.3 Å². The van der Waals surface area contributed by atoms with Gasteiger partial charge in [-0.25, -0.2) is 0 Å². The minimum absolute atomic E-state index is 0.00544. The Morgan fingerprint density at radius 2 is 1.95 bits per heavy atom. The Morgan fingerprint density at radius 1 is 1.23 bits per heavy atom. The third-order valence-corrected chi connectivity index (χ3v) is 4.07. The van der Waals surface area contributed by atoms with Crippen LogP contribution >= 0.6 is 11.3 Å². The molecule has 116 valence electrons. The van der Waals surface area contributed by atoms with Crippen LogP contribution in [0.3, 0.4) is 0 Å². The van der Waals surface area contributed by atoms with Crippen LogP contribution in [-0.4, -0.2) is 22.8 Å². The van der Waals surface area contributed by atoms with Gasteiger partial charge in [-0.3, -0.25) is 14.6 Å². The fraction of sp³-hybridized carbons (Fsp3) is 0.312. The van der Waals surface area contributed by atoms with Crippen molar-refractivity contribution in [3.05, 3.63) is 52.5 Å². The van der Waals surface area contributed by atoms with Crippen molar-refractivity contribution in [1.29, 1.82) is 0 Å². The highest BCUT2D eigenvalue weighted by molar-refractivity contribution is 7.09. The summed E-state index contributed by atoms with van der Waals surface area (Å²) < 4.78 is 0. The largest absolute Gasteiger partial charge is 0.349 e. The van der Waals surface area contributed by atoms with E-state index in [0.717, 1.165) is 4.88 Å². The zero-order valence-electron chi connectivity index (χ0n) is 12.6. The van der Waals surface area contributed by atoms with Gasteiger partial charge >= 0.3 is 0 Å². The Kier molecular flexibility index (Phi) is 5.66. The molecule has 0 radical (unpaired) electrons. The van der Waals surface area contributed by atoms with Gasteiger partial charge in [0.2, 0.25) is 5.91 Å². The van der Waals surface area contributed by atoms with E-state index in [2.05, 4.69) is 15.6 Å². The van der Waals surface area contributed by atoms with E-state index >= 15 is 0 Å². The topological polar surface area (TPSA) is 71.1 Å². The van der Waals surface area contributed by atoms with E-state index in [0.29, 0.717) is 12.1 Å². The molecule has 1 atom stereocenters. The molecule has 0 aliphatic rings. The summed E-state index contributed by atoms with van der Waals surface area (Å²) in [5.41, 5.74) is 0.492. The number of thiophene rings is 1. The predicted octanol–water partition coefficient (Wildman–Crippen LogP) is 2.21. The van der Waals surface area contributed by atoms with Crippen molar-refractivity contribution in [2.45, 2.75) is 26.4 Å². The first kappa shape index (κ1) is 16.2. The average molecular weight is 317 g/mol. The highest BCUT2D eigenvalue weighted by Crippen LogP contribution is 2.09. The van der Waals surface area contributed by atoms with E-state index in [1.54, 1.807) is 35.9 Å². The summed E-state index contributed by atoms with van der Waals surface area (Å²) in [7, 11) is 0. The van der Waals surface area contributed by atoms with Crippen molar-refractivity contribution >= 4 is 23.2 Å². The molecule has 0 unspecified atom stereocenters. The standard InChI is InChI=1S/C16H19N3O2S/c1-11(2)14(16(21)18-10-13-4-3-9-22-13)19-15(20)12-5-7-17-8-6-12/h3-9,11,14H,10H2,1-2H3,(H,18,21)(H,19,20)/t14-/m1/s1. The minimum Gasteiger partial charge on any atom is -0.349 e. The lowest BCUT2D eigenvalue weighted by Crippen LogP contribution is -2.49. The van der Waals surface area contributed by atoms with Gasteiger partial charge in [-0.2, -0.15) is 0 Å². The van der Waals surface area contributed by atoms with Gasteiger partial charge in [0.15, 0.2) is 0 Å². The third-order valence-electron chi connectivity index (χ3n) is 3.20. The highest BCUT2D eigenvalue weighted by atomic mass is 32.1. The Bertz CT molecular complexity index is 612. The Morgan fingerprint density at radius 3 is 2.55 bits per heavy atom. The number of nitrogens with zero attached hydrogens (tertiary/aromatic N) is 1. The van der Waals surface area contributed by atoms with Gasteiger partial charge in [0.25, 0.3) is 5.91 Å². The Labute approximate surface area is 133 Å². The molecule has 0 bridgehead atoms. The molecule has 0 saturated heterocycles. The number of carbonyl (C=O) groups is 2. The maximum atomic E-state index is 12.3. The zero-order valence-corrected chi connectivity index (χ0v) is 13.4. The maximum absolute atomic E-state index is 12.3. The zero-order chi connectivity index (χ0) is 15.9. The molecule has 22 heavy (non-hydrogen) atoms. The molecule has 0 aliphatic carbocycles. The van der Waals surface area contributed by atoms with Gasteiger partial charge in [0.05, 0.1) is 6.54 Å². The summed E-state index contributed by atoms with van der Waals surface area (Å²) >= 11 is 1.59. The summed E-state index contributed by atoms with van der Waals surface area (Å²) in [5, 5.41) is 7.62. The first-order valence-corrected chi connectivity index (χ1v) is 7.97. The summed E-state index contributed by atoms with van der Waals surface area (Å²) in [6.45, 7) is 4.29. The normalized spacial score (nSPS) is 12.0. The number of hydrogen-bond donors (Lipinski definition) is 2. The number of amides is 2. The van der Waals surface area contributed by atoms with Crippen LogP contribution in [0.2, 0.25) is 0 Å². The van der Waals surface area contributed by atoms with Gasteiger partial charge in [-0.15, -0.1) is 11.3 Å². The van der Waals surface area contributed by atoms with Gasteiger partial charge in [0, 0.05) is 22.8 Å². The number of hydrogen-bond acceptors (Lipinski definition) is 4. The molecule has 2 heterocycles. The molecule has 0 fully saturated rings. The lowest BCUT2D eigenvalue weighted by molar-refractivity contribution is -0.124. The van der Waals surface area contributed by atoms with E-state index in [-0.39, 0.29) is 17.7 Å². The lowest BCUT2D eigenvalue weighted by Gasteiger charge is -2.21. The molecule has 6 heteroatoms. The second-order valence-electron chi connectivity index (χ2n) is 5.23. The first-order chi connectivity index (χ1) is 10.6. The molecule has 2 aromatic heterocycles. The fourth-order valence-electron chi connectivity index (χ4n) is 1.96. The van der Waals surface area contributed by atoms with Crippen molar-refractivity contribution in [1.82, 2.24) is 15.6 Å². The molecular weight excluding hydrogens is 298 g/mol. The molecule has 0 aliphatic heterocycles. The summed E-state index contributed by atoms with van der Waals surface area (Å²) in [6.07, 6.45) is 3.10. The van der Waals surface area contributed by atoms with E-state index in [4.69, 9.17) is 0 Å².